The number of fused-ring (bicyclic) bond motifs is 2. The number of aromatic hydroxyl groups is 1. The van der Waals surface area contributed by atoms with E-state index in [0.29, 0.717) is 24.5 Å². The van der Waals surface area contributed by atoms with Gasteiger partial charge in [-0.05, 0) is 54.6 Å². The summed E-state index contributed by atoms with van der Waals surface area (Å²) in [6.45, 7) is 2.41. The molecule has 0 fully saturated rings. The average Bonchev–Trinajstić information content (AvgIpc) is 3.35. The third kappa shape index (κ3) is 3.75. The largest absolute Gasteiger partial charge is 0.508 e. The molecule has 154 valence electrons. The number of phenols is 1. The molecule has 31 heavy (non-hydrogen) atoms. The first-order valence-electron chi connectivity index (χ1n) is 10.0. The zero-order valence-electron chi connectivity index (χ0n) is 16.9. The highest BCUT2D eigenvalue weighted by atomic mass is 32.1. The van der Waals surface area contributed by atoms with Crippen molar-refractivity contribution in [1.82, 2.24) is 14.5 Å². The van der Waals surface area contributed by atoms with Crippen molar-refractivity contribution in [1.29, 1.82) is 0 Å². The number of thiazole rings is 1. The molecule has 0 bridgehead atoms. The second kappa shape index (κ2) is 7.85. The van der Waals surface area contributed by atoms with Crippen LogP contribution in [-0.4, -0.2) is 25.4 Å². The van der Waals surface area contributed by atoms with Gasteiger partial charge in [0.05, 0.1) is 27.8 Å². The van der Waals surface area contributed by atoms with Crippen LogP contribution in [0.5, 0.6) is 5.75 Å². The van der Waals surface area contributed by atoms with Gasteiger partial charge in [-0.15, -0.1) is 11.3 Å². The lowest BCUT2D eigenvalue weighted by Crippen LogP contribution is -2.05. The van der Waals surface area contributed by atoms with Gasteiger partial charge in [0.15, 0.2) is 5.78 Å². The summed E-state index contributed by atoms with van der Waals surface area (Å²) in [5, 5.41) is 13.9. The number of nitrogens with zero attached hydrogens (tertiary/aromatic N) is 3. The number of imidazole rings is 1. The fourth-order valence-electron chi connectivity index (χ4n) is 3.56. The lowest BCUT2D eigenvalue weighted by molar-refractivity contribution is 0.0988. The predicted molar refractivity (Wildman–Crippen MR) is 124 cm³/mol. The molecule has 0 saturated carbocycles. The van der Waals surface area contributed by atoms with Gasteiger partial charge < -0.3 is 15.0 Å². The molecule has 0 atom stereocenters. The van der Waals surface area contributed by atoms with Crippen LogP contribution in [0.3, 0.4) is 0 Å². The third-order valence-electron chi connectivity index (χ3n) is 5.15. The normalized spacial score (nSPS) is 11.3. The molecule has 6 nitrogen and oxygen atoms in total. The number of nitrogens with one attached hydrogen (secondary N) is 1. The summed E-state index contributed by atoms with van der Waals surface area (Å²) in [4.78, 5) is 21.7. The van der Waals surface area contributed by atoms with Gasteiger partial charge in [0.25, 0.3) is 0 Å². The number of para-hydroxylation sites is 1. The molecule has 0 amide bonds. The number of rotatable bonds is 6. The first-order valence-corrected chi connectivity index (χ1v) is 10.9. The summed E-state index contributed by atoms with van der Waals surface area (Å²) in [5.74, 6) is 0.952. The Labute approximate surface area is 182 Å². The molecular weight excluding hydrogens is 408 g/mol. The summed E-state index contributed by atoms with van der Waals surface area (Å²) in [5.41, 5.74) is 4.13. The monoisotopic (exact) mass is 428 g/mol. The molecule has 0 unspecified atom stereocenters. The van der Waals surface area contributed by atoms with Gasteiger partial charge >= 0.3 is 0 Å². The Morgan fingerprint density at radius 3 is 2.61 bits per heavy atom. The topological polar surface area (TPSA) is 80.0 Å². The van der Waals surface area contributed by atoms with E-state index < -0.39 is 0 Å². The van der Waals surface area contributed by atoms with Gasteiger partial charge in [-0.25, -0.2) is 9.97 Å². The minimum absolute atomic E-state index is 0.0932. The van der Waals surface area contributed by atoms with E-state index in [1.165, 1.54) is 0 Å². The zero-order valence-corrected chi connectivity index (χ0v) is 17.7. The third-order valence-corrected chi connectivity index (χ3v) is 6.17. The fourth-order valence-corrected chi connectivity index (χ4v) is 4.52. The zero-order chi connectivity index (χ0) is 21.4. The Bertz CT molecular complexity index is 1370. The highest BCUT2D eigenvalue weighted by molar-refractivity contribution is 7.18. The average molecular weight is 429 g/mol. The van der Waals surface area contributed by atoms with Gasteiger partial charge in [-0.1, -0.05) is 19.1 Å². The summed E-state index contributed by atoms with van der Waals surface area (Å²) >= 11 is 1.66. The maximum atomic E-state index is 12.2. The van der Waals surface area contributed by atoms with Crippen LogP contribution in [0.15, 0.2) is 66.7 Å². The highest BCUT2D eigenvalue weighted by Crippen LogP contribution is 2.28. The second-order valence-corrected chi connectivity index (χ2v) is 8.36. The van der Waals surface area contributed by atoms with Crippen molar-refractivity contribution < 1.29 is 9.90 Å². The minimum atomic E-state index is 0.0932. The van der Waals surface area contributed by atoms with Crippen LogP contribution < -0.4 is 5.32 Å². The number of benzene rings is 3. The smallest absolute Gasteiger partial charge is 0.208 e. The predicted octanol–water partition coefficient (Wildman–Crippen LogP) is 5.74. The van der Waals surface area contributed by atoms with E-state index >= 15 is 0 Å². The molecule has 3 aromatic carbocycles. The van der Waals surface area contributed by atoms with Gasteiger partial charge in [0, 0.05) is 17.7 Å². The summed E-state index contributed by atoms with van der Waals surface area (Å²) in [6.07, 6.45) is 0.455. The fraction of sp³-hybridized carbons (Fsp3) is 0.125. The molecule has 5 rings (SSSR count). The van der Waals surface area contributed by atoms with Crippen LogP contribution in [-0.2, 0) is 6.54 Å². The van der Waals surface area contributed by atoms with Crippen molar-refractivity contribution in [3.05, 3.63) is 77.3 Å². The van der Waals surface area contributed by atoms with Crippen LogP contribution in [0.1, 0.15) is 28.7 Å². The molecule has 0 aliphatic heterocycles. The molecule has 0 aliphatic rings. The first-order chi connectivity index (χ1) is 15.1. The van der Waals surface area contributed by atoms with Gasteiger partial charge in [0.2, 0.25) is 5.95 Å². The van der Waals surface area contributed by atoms with E-state index in [9.17, 15) is 9.90 Å². The van der Waals surface area contributed by atoms with E-state index in [-0.39, 0.29) is 11.5 Å². The van der Waals surface area contributed by atoms with E-state index in [1.54, 1.807) is 35.6 Å². The standard InChI is InChI=1S/C24H20N4O2S/c1-2-21(30)15-7-12-20-19(13-15)27-24(25-16-8-10-17(29)11-9-16)28(20)14-23-26-18-5-3-4-6-22(18)31-23/h3-13,29H,2,14H2,1H3,(H,25,27). The molecule has 0 spiro atoms. The summed E-state index contributed by atoms with van der Waals surface area (Å²) in [6, 6.07) is 20.6. The van der Waals surface area contributed by atoms with Gasteiger partial charge in [-0.2, -0.15) is 0 Å². The van der Waals surface area contributed by atoms with Crippen molar-refractivity contribution >= 4 is 50.0 Å². The maximum Gasteiger partial charge on any atom is 0.208 e. The van der Waals surface area contributed by atoms with E-state index in [4.69, 9.17) is 9.97 Å². The number of hydrogen-bond donors (Lipinski definition) is 2. The van der Waals surface area contributed by atoms with Crippen molar-refractivity contribution in [3.63, 3.8) is 0 Å². The molecule has 2 aromatic heterocycles. The van der Waals surface area contributed by atoms with Crippen LogP contribution in [0, 0.1) is 0 Å². The molecule has 5 aromatic rings. The van der Waals surface area contributed by atoms with Crippen LogP contribution >= 0.6 is 11.3 Å². The Hall–Kier alpha value is -3.71. The van der Waals surface area contributed by atoms with E-state index in [0.717, 1.165) is 31.9 Å². The van der Waals surface area contributed by atoms with Gasteiger partial charge in [-0.3, -0.25) is 4.79 Å². The van der Waals surface area contributed by atoms with Crippen molar-refractivity contribution in [2.75, 3.05) is 5.32 Å². The van der Waals surface area contributed by atoms with Crippen molar-refractivity contribution in [2.45, 2.75) is 19.9 Å². The molecule has 7 heteroatoms. The number of carbonyl (C=O) groups excluding carboxylic acids is 1. The number of Topliss-reactive ketones (excluding diaryl/α,β-unsaturated/α-hetero) is 1. The van der Waals surface area contributed by atoms with E-state index in [2.05, 4.69) is 16.0 Å². The lowest BCUT2D eigenvalue weighted by atomic mass is 10.1. The molecular formula is C24H20N4O2S. The Morgan fingerprint density at radius 1 is 1.03 bits per heavy atom. The molecule has 0 saturated heterocycles. The number of ketones is 1. The van der Waals surface area contributed by atoms with E-state index in [1.807, 2.05) is 43.3 Å². The Morgan fingerprint density at radius 2 is 1.84 bits per heavy atom. The summed E-state index contributed by atoms with van der Waals surface area (Å²) < 4.78 is 3.21. The Kier molecular flexibility index (Phi) is 4.88. The maximum absolute atomic E-state index is 12.2. The number of hydrogen-bond acceptors (Lipinski definition) is 6. The molecule has 0 radical (unpaired) electrons. The quantitative estimate of drug-likeness (QED) is 0.266. The number of carbonyl (C=O) groups is 1. The number of aromatic nitrogens is 3. The first kappa shape index (κ1) is 19.3. The highest BCUT2D eigenvalue weighted by Gasteiger charge is 2.15. The second-order valence-electron chi connectivity index (χ2n) is 7.25. The van der Waals surface area contributed by atoms with Crippen LogP contribution in [0.4, 0.5) is 11.6 Å². The summed E-state index contributed by atoms with van der Waals surface area (Å²) in [7, 11) is 0. The minimum Gasteiger partial charge on any atom is -0.508 e. The van der Waals surface area contributed by atoms with Crippen molar-refractivity contribution in [2.24, 2.45) is 0 Å². The van der Waals surface area contributed by atoms with Gasteiger partial charge in [0.1, 0.15) is 10.8 Å². The number of anilines is 2. The lowest BCUT2D eigenvalue weighted by Gasteiger charge is -2.10. The SMILES string of the molecule is CCC(=O)c1ccc2c(c1)nc(Nc1ccc(O)cc1)n2Cc1nc2ccccc2s1. The molecule has 2 heterocycles. The van der Waals surface area contributed by atoms with Crippen molar-refractivity contribution in [3.8, 4) is 5.75 Å². The van der Waals surface area contributed by atoms with Crippen LogP contribution in [0.2, 0.25) is 0 Å². The Balaban J connectivity index is 1.60. The number of phenolic OH excluding ortho intramolecular Hbond substituents is 1. The van der Waals surface area contributed by atoms with Crippen LogP contribution in [0.25, 0.3) is 21.3 Å². The molecule has 0 aliphatic carbocycles. The molecule has 2 N–H and O–H groups in total.